The zero-order valence-corrected chi connectivity index (χ0v) is 14.6. The normalized spacial score (nSPS) is 16.0. The largest absolute Gasteiger partial charge is 0.506 e. The summed E-state index contributed by atoms with van der Waals surface area (Å²) in [5.41, 5.74) is 1.24. The Morgan fingerprint density at radius 1 is 1.12 bits per heavy atom. The van der Waals surface area contributed by atoms with Crippen LogP contribution in [0.4, 0.5) is 0 Å². The highest BCUT2D eigenvalue weighted by molar-refractivity contribution is 5.80. The van der Waals surface area contributed by atoms with Crippen LogP contribution < -0.4 is 5.32 Å². The van der Waals surface area contributed by atoms with Crippen molar-refractivity contribution in [3.8, 4) is 5.75 Å². The minimum absolute atomic E-state index is 0.0405. The number of rotatable bonds is 10. The number of hydrogen-bond donors (Lipinski definition) is 3. The summed E-state index contributed by atoms with van der Waals surface area (Å²) in [5, 5.41) is 24.6. The molecule has 1 aliphatic rings. The van der Waals surface area contributed by atoms with E-state index in [1.54, 1.807) is 6.07 Å². The van der Waals surface area contributed by atoms with Crippen LogP contribution in [0.15, 0.2) is 17.3 Å². The van der Waals surface area contributed by atoms with Gasteiger partial charge in [0.2, 0.25) is 0 Å². The lowest BCUT2D eigenvalue weighted by atomic mass is 9.87. The van der Waals surface area contributed by atoms with Gasteiger partial charge in [0.15, 0.2) is 0 Å². The monoisotopic (exact) mass is 333 g/mol. The summed E-state index contributed by atoms with van der Waals surface area (Å²) >= 11 is 0. The Bertz CT molecular complexity index is 499. The van der Waals surface area contributed by atoms with Crippen LogP contribution in [-0.4, -0.2) is 34.6 Å². The average Bonchev–Trinajstić information content (AvgIpc) is 2.61. The van der Waals surface area contributed by atoms with Crippen molar-refractivity contribution in [2.24, 2.45) is 11.1 Å². The zero-order chi connectivity index (χ0) is 17.0. The second-order valence-corrected chi connectivity index (χ2v) is 6.80. The lowest BCUT2D eigenvalue weighted by molar-refractivity contribution is 0.321. The summed E-state index contributed by atoms with van der Waals surface area (Å²) in [6, 6.07) is 3.43. The first-order valence-electron chi connectivity index (χ1n) is 9.36. The van der Waals surface area contributed by atoms with Gasteiger partial charge in [0.05, 0.1) is 6.21 Å². The molecule has 2 rings (SSSR count). The summed E-state index contributed by atoms with van der Waals surface area (Å²) in [6.07, 6.45) is 14.0. The molecule has 5 heteroatoms. The van der Waals surface area contributed by atoms with Gasteiger partial charge in [0.1, 0.15) is 11.4 Å². The van der Waals surface area contributed by atoms with Gasteiger partial charge in [-0.3, -0.25) is 0 Å². The Balaban J connectivity index is 1.51. The first-order valence-corrected chi connectivity index (χ1v) is 9.36. The molecule has 0 spiro atoms. The molecule has 5 nitrogen and oxygen atoms in total. The van der Waals surface area contributed by atoms with E-state index >= 15 is 0 Å². The van der Waals surface area contributed by atoms with E-state index in [0.29, 0.717) is 5.69 Å². The first kappa shape index (κ1) is 18.7. The van der Waals surface area contributed by atoms with Crippen LogP contribution in [0.3, 0.4) is 0 Å². The number of aromatic nitrogens is 1. The van der Waals surface area contributed by atoms with E-state index in [1.807, 2.05) is 6.07 Å². The Morgan fingerprint density at radius 3 is 2.75 bits per heavy atom. The summed E-state index contributed by atoms with van der Waals surface area (Å²) in [7, 11) is 0. The number of aromatic hydroxyl groups is 1. The molecule has 0 radical (unpaired) electrons. The van der Waals surface area contributed by atoms with Crippen LogP contribution >= 0.6 is 0 Å². The highest BCUT2D eigenvalue weighted by Crippen LogP contribution is 2.25. The summed E-state index contributed by atoms with van der Waals surface area (Å²) in [5.74, 6) is 1.00. The quantitative estimate of drug-likeness (QED) is 0.263. The molecule has 0 saturated heterocycles. The van der Waals surface area contributed by atoms with Gasteiger partial charge in [-0.25, -0.2) is 4.98 Å². The topological polar surface area (TPSA) is 77.7 Å². The van der Waals surface area contributed by atoms with Crippen molar-refractivity contribution < 1.29 is 10.3 Å². The van der Waals surface area contributed by atoms with Gasteiger partial charge in [0.25, 0.3) is 0 Å². The maximum Gasteiger partial charge on any atom is 0.142 e. The molecule has 1 aromatic heterocycles. The molecule has 3 N–H and O–H groups in total. The first-order chi connectivity index (χ1) is 11.8. The van der Waals surface area contributed by atoms with Crippen molar-refractivity contribution in [2.45, 2.75) is 64.2 Å². The number of aryl methyl sites for hydroxylation is 1. The number of oxime groups is 1. The second-order valence-electron chi connectivity index (χ2n) is 6.80. The van der Waals surface area contributed by atoms with Gasteiger partial charge in [-0.15, -0.1) is 0 Å². The molecule has 1 fully saturated rings. The van der Waals surface area contributed by atoms with Gasteiger partial charge >= 0.3 is 0 Å². The third-order valence-electron chi connectivity index (χ3n) is 4.88. The second kappa shape index (κ2) is 11.0. The molecular formula is C19H31N3O2. The maximum absolute atomic E-state index is 9.58. The van der Waals surface area contributed by atoms with Crippen molar-refractivity contribution in [2.75, 3.05) is 13.1 Å². The van der Waals surface area contributed by atoms with Crippen molar-refractivity contribution in [3.63, 3.8) is 0 Å². The third-order valence-corrected chi connectivity index (χ3v) is 4.88. The van der Waals surface area contributed by atoms with Crippen LogP contribution in [0, 0.1) is 5.92 Å². The van der Waals surface area contributed by atoms with Gasteiger partial charge in [-0.2, -0.15) is 0 Å². The number of unbranched alkanes of at least 4 members (excludes halogenated alkanes) is 2. The van der Waals surface area contributed by atoms with E-state index in [-0.39, 0.29) is 5.75 Å². The zero-order valence-electron chi connectivity index (χ0n) is 14.6. The number of hydrogen-bond acceptors (Lipinski definition) is 5. The number of nitrogens with zero attached hydrogens (tertiary/aromatic N) is 2. The fourth-order valence-corrected chi connectivity index (χ4v) is 3.44. The molecule has 0 bridgehead atoms. The van der Waals surface area contributed by atoms with E-state index in [0.717, 1.165) is 43.8 Å². The van der Waals surface area contributed by atoms with E-state index in [2.05, 4.69) is 15.5 Å². The molecule has 134 valence electrons. The summed E-state index contributed by atoms with van der Waals surface area (Å²) in [4.78, 5) is 4.29. The van der Waals surface area contributed by atoms with Crippen LogP contribution in [0.25, 0.3) is 0 Å². The highest BCUT2D eigenvalue weighted by Gasteiger charge is 2.12. The maximum atomic E-state index is 9.58. The Kier molecular flexibility index (Phi) is 8.60. The predicted octanol–water partition coefficient (Wildman–Crippen LogP) is 3.87. The molecule has 1 saturated carbocycles. The van der Waals surface area contributed by atoms with E-state index in [9.17, 15) is 5.11 Å². The lowest BCUT2D eigenvalue weighted by Gasteiger charge is -2.21. The Hall–Kier alpha value is -1.62. The van der Waals surface area contributed by atoms with Crippen molar-refractivity contribution >= 4 is 6.21 Å². The fourth-order valence-electron chi connectivity index (χ4n) is 3.44. The molecule has 0 unspecified atom stereocenters. The van der Waals surface area contributed by atoms with E-state index in [1.165, 1.54) is 51.4 Å². The number of nitrogens with one attached hydrogen (secondary N) is 1. The summed E-state index contributed by atoms with van der Waals surface area (Å²) < 4.78 is 0. The van der Waals surface area contributed by atoms with Crippen LogP contribution in [0.5, 0.6) is 5.75 Å². The summed E-state index contributed by atoms with van der Waals surface area (Å²) in [6.45, 7) is 2.26. The van der Waals surface area contributed by atoms with Crippen LogP contribution in [-0.2, 0) is 6.42 Å². The van der Waals surface area contributed by atoms with E-state index in [4.69, 9.17) is 5.21 Å². The van der Waals surface area contributed by atoms with Gasteiger partial charge in [-0.05, 0) is 56.8 Å². The van der Waals surface area contributed by atoms with Crippen molar-refractivity contribution in [1.82, 2.24) is 10.3 Å². The Morgan fingerprint density at radius 2 is 1.96 bits per heavy atom. The van der Waals surface area contributed by atoms with Crippen LogP contribution in [0.1, 0.15) is 69.2 Å². The smallest absolute Gasteiger partial charge is 0.142 e. The highest BCUT2D eigenvalue weighted by atomic mass is 16.4. The fraction of sp³-hybridized carbons (Fsp3) is 0.684. The average molecular weight is 333 g/mol. The molecule has 0 amide bonds. The van der Waals surface area contributed by atoms with Crippen LogP contribution in [0.2, 0.25) is 0 Å². The molecule has 1 heterocycles. The molecule has 0 atom stereocenters. The third kappa shape index (κ3) is 6.87. The SMILES string of the molecule is O/N=C/c1nc(CCCCCNCCC2CCCCC2)ccc1O. The van der Waals surface area contributed by atoms with E-state index < -0.39 is 0 Å². The van der Waals surface area contributed by atoms with Gasteiger partial charge < -0.3 is 15.6 Å². The predicted molar refractivity (Wildman–Crippen MR) is 96.9 cm³/mol. The molecule has 1 aromatic rings. The number of pyridine rings is 1. The van der Waals surface area contributed by atoms with Gasteiger partial charge in [0, 0.05) is 5.69 Å². The van der Waals surface area contributed by atoms with Crippen molar-refractivity contribution in [1.29, 1.82) is 0 Å². The van der Waals surface area contributed by atoms with Crippen molar-refractivity contribution in [3.05, 3.63) is 23.5 Å². The molecule has 1 aliphatic carbocycles. The molecular weight excluding hydrogens is 302 g/mol. The molecule has 0 aliphatic heterocycles. The standard InChI is InChI=1S/C19H31N3O2/c23-19-11-10-17(22-18(19)15-21-24)9-5-2-6-13-20-14-12-16-7-3-1-4-8-16/h10-11,15-16,20,23-24H,1-9,12-14H2/b21-15+. The lowest BCUT2D eigenvalue weighted by Crippen LogP contribution is -2.20. The molecule has 0 aromatic carbocycles. The Labute approximate surface area is 145 Å². The minimum Gasteiger partial charge on any atom is -0.506 e. The molecule has 24 heavy (non-hydrogen) atoms. The minimum atomic E-state index is 0.0405. The van der Waals surface area contributed by atoms with Gasteiger partial charge in [-0.1, -0.05) is 43.7 Å².